The first-order valence-electron chi connectivity index (χ1n) is 4.39. The second kappa shape index (κ2) is 4.19. The van der Waals surface area contributed by atoms with Gasteiger partial charge in [-0.1, -0.05) is 11.6 Å². The number of nitrogens with two attached hydrogens (primary N) is 1. The molecule has 0 radical (unpaired) electrons. The number of anilines is 1. The molecule has 2 rings (SSSR count). The van der Waals surface area contributed by atoms with E-state index in [0.29, 0.717) is 22.3 Å². The average molecular weight is 221 g/mol. The molecule has 1 aromatic carbocycles. The van der Waals surface area contributed by atoms with E-state index in [9.17, 15) is 0 Å². The van der Waals surface area contributed by atoms with Crippen LogP contribution in [-0.2, 0) is 0 Å². The molecule has 0 aliphatic rings. The summed E-state index contributed by atoms with van der Waals surface area (Å²) in [5.41, 5.74) is 6.11. The standard InChI is InChI=1S/C11H9ClN2O/c12-8-1-4-10(5-2-8)15-11-6-3-9(13)7-14-11/h1-7H,13H2. The van der Waals surface area contributed by atoms with Gasteiger partial charge in [0, 0.05) is 11.1 Å². The van der Waals surface area contributed by atoms with Crippen molar-refractivity contribution in [3.8, 4) is 11.6 Å². The van der Waals surface area contributed by atoms with Gasteiger partial charge in [-0.25, -0.2) is 4.98 Å². The van der Waals surface area contributed by atoms with Crippen LogP contribution in [0.15, 0.2) is 42.6 Å². The molecule has 0 aliphatic heterocycles. The fourth-order valence-corrected chi connectivity index (χ4v) is 1.20. The predicted molar refractivity (Wildman–Crippen MR) is 60.2 cm³/mol. The molecule has 3 nitrogen and oxygen atoms in total. The topological polar surface area (TPSA) is 48.1 Å². The molecular weight excluding hydrogens is 212 g/mol. The van der Waals surface area contributed by atoms with E-state index < -0.39 is 0 Å². The number of halogens is 1. The van der Waals surface area contributed by atoms with Gasteiger partial charge >= 0.3 is 0 Å². The van der Waals surface area contributed by atoms with E-state index in [4.69, 9.17) is 22.1 Å². The third kappa shape index (κ3) is 2.60. The number of nitrogen functional groups attached to an aromatic ring is 1. The first kappa shape index (κ1) is 9.80. The molecule has 0 bridgehead atoms. The Morgan fingerprint density at radius 3 is 2.40 bits per heavy atom. The molecule has 4 heteroatoms. The zero-order valence-electron chi connectivity index (χ0n) is 7.85. The van der Waals surface area contributed by atoms with Crippen LogP contribution in [0.1, 0.15) is 0 Å². The number of hydrogen-bond acceptors (Lipinski definition) is 3. The maximum Gasteiger partial charge on any atom is 0.219 e. The Bertz CT molecular complexity index is 396. The minimum Gasteiger partial charge on any atom is -0.439 e. The van der Waals surface area contributed by atoms with Gasteiger partial charge in [0.05, 0.1) is 11.9 Å². The van der Waals surface area contributed by atoms with Gasteiger partial charge in [0.1, 0.15) is 5.75 Å². The highest BCUT2D eigenvalue weighted by Crippen LogP contribution is 2.21. The lowest BCUT2D eigenvalue weighted by atomic mass is 10.3. The van der Waals surface area contributed by atoms with Crippen LogP contribution in [-0.4, -0.2) is 4.98 Å². The number of aromatic nitrogens is 1. The van der Waals surface area contributed by atoms with Crippen LogP contribution in [0, 0.1) is 0 Å². The Hall–Kier alpha value is -1.74. The van der Waals surface area contributed by atoms with E-state index in [1.165, 1.54) is 0 Å². The Kier molecular flexibility index (Phi) is 2.74. The third-order valence-electron chi connectivity index (χ3n) is 1.80. The van der Waals surface area contributed by atoms with Crippen molar-refractivity contribution >= 4 is 17.3 Å². The molecule has 0 amide bonds. The molecule has 1 heterocycles. The van der Waals surface area contributed by atoms with Crippen LogP contribution in [0.4, 0.5) is 5.69 Å². The number of nitrogens with zero attached hydrogens (tertiary/aromatic N) is 1. The minimum absolute atomic E-state index is 0.506. The second-order valence-corrected chi connectivity index (χ2v) is 3.42. The number of pyridine rings is 1. The highest BCUT2D eigenvalue weighted by molar-refractivity contribution is 6.30. The van der Waals surface area contributed by atoms with Gasteiger partial charge in [0.15, 0.2) is 0 Å². The normalized spacial score (nSPS) is 9.93. The summed E-state index contributed by atoms with van der Waals surface area (Å²) in [6, 6.07) is 10.5. The molecule has 1 aromatic heterocycles. The lowest BCUT2D eigenvalue weighted by molar-refractivity contribution is 0.463. The molecule has 2 N–H and O–H groups in total. The molecule has 76 valence electrons. The lowest BCUT2D eigenvalue weighted by Crippen LogP contribution is -1.89. The van der Waals surface area contributed by atoms with Gasteiger partial charge in [-0.3, -0.25) is 0 Å². The second-order valence-electron chi connectivity index (χ2n) is 2.99. The van der Waals surface area contributed by atoms with E-state index in [2.05, 4.69) is 4.98 Å². The first-order chi connectivity index (χ1) is 7.24. The number of ether oxygens (including phenoxy) is 1. The van der Waals surface area contributed by atoms with Gasteiger partial charge in [-0.2, -0.15) is 0 Å². The average Bonchev–Trinajstić information content (AvgIpc) is 2.25. The summed E-state index contributed by atoms with van der Waals surface area (Å²) in [6.07, 6.45) is 1.55. The quantitative estimate of drug-likeness (QED) is 0.846. The van der Waals surface area contributed by atoms with Crippen molar-refractivity contribution < 1.29 is 4.74 Å². The lowest BCUT2D eigenvalue weighted by Gasteiger charge is -2.04. The van der Waals surface area contributed by atoms with Crippen molar-refractivity contribution in [2.45, 2.75) is 0 Å². The van der Waals surface area contributed by atoms with E-state index in [0.717, 1.165) is 0 Å². The van der Waals surface area contributed by atoms with Crippen molar-refractivity contribution in [1.29, 1.82) is 0 Å². The highest BCUT2D eigenvalue weighted by Gasteiger charge is 1.97. The number of benzene rings is 1. The number of hydrogen-bond donors (Lipinski definition) is 1. The van der Waals surface area contributed by atoms with E-state index in [-0.39, 0.29) is 0 Å². The van der Waals surface area contributed by atoms with Gasteiger partial charge < -0.3 is 10.5 Å². The maximum atomic E-state index is 5.75. The van der Waals surface area contributed by atoms with Crippen LogP contribution in [0.5, 0.6) is 11.6 Å². The van der Waals surface area contributed by atoms with Crippen molar-refractivity contribution in [1.82, 2.24) is 4.98 Å². The van der Waals surface area contributed by atoms with Crippen LogP contribution in [0.3, 0.4) is 0 Å². The molecule has 0 aliphatic carbocycles. The Labute approximate surface area is 92.5 Å². The first-order valence-corrected chi connectivity index (χ1v) is 4.77. The molecule has 15 heavy (non-hydrogen) atoms. The van der Waals surface area contributed by atoms with Gasteiger partial charge in [-0.15, -0.1) is 0 Å². The molecule has 0 saturated carbocycles. The molecule has 0 saturated heterocycles. The summed E-state index contributed by atoms with van der Waals surface area (Å²) in [7, 11) is 0. The fraction of sp³-hybridized carbons (Fsp3) is 0. The molecule has 0 unspecified atom stereocenters. The smallest absolute Gasteiger partial charge is 0.219 e. The van der Waals surface area contributed by atoms with Crippen LogP contribution in [0.25, 0.3) is 0 Å². The van der Waals surface area contributed by atoms with E-state index in [1.807, 2.05) is 0 Å². The van der Waals surface area contributed by atoms with Crippen molar-refractivity contribution in [2.24, 2.45) is 0 Å². The maximum absolute atomic E-state index is 5.75. The Balaban J connectivity index is 2.15. The summed E-state index contributed by atoms with van der Waals surface area (Å²) in [6.45, 7) is 0. The zero-order chi connectivity index (χ0) is 10.7. The van der Waals surface area contributed by atoms with Crippen molar-refractivity contribution in [3.63, 3.8) is 0 Å². The van der Waals surface area contributed by atoms with Crippen LogP contribution in [0.2, 0.25) is 5.02 Å². The highest BCUT2D eigenvalue weighted by atomic mass is 35.5. The van der Waals surface area contributed by atoms with Gasteiger partial charge in [0.2, 0.25) is 5.88 Å². The summed E-state index contributed by atoms with van der Waals surface area (Å²) in [5, 5.41) is 0.674. The Morgan fingerprint density at radius 2 is 1.80 bits per heavy atom. The van der Waals surface area contributed by atoms with E-state index >= 15 is 0 Å². The SMILES string of the molecule is Nc1ccc(Oc2ccc(Cl)cc2)nc1. The van der Waals surface area contributed by atoms with E-state index in [1.54, 1.807) is 42.6 Å². The van der Waals surface area contributed by atoms with Gasteiger partial charge in [-0.05, 0) is 30.3 Å². The van der Waals surface area contributed by atoms with Crippen molar-refractivity contribution in [2.75, 3.05) is 5.73 Å². The molecule has 0 spiro atoms. The summed E-state index contributed by atoms with van der Waals surface area (Å²) in [4.78, 5) is 4.02. The summed E-state index contributed by atoms with van der Waals surface area (Å²) < 4.78 is 5.46. The largest absolute Gasteiger partial charge is 0.439 e. The van der Waals surface area contributed by atoms with Gasteiger partial charge in [0.25, 0.3) is 0 Å². The zero-order valence-corrected chi connectivity index (χ0v) is 8.61. The number of rotatable bonds is 2. The Morgan fingerprint density at radius 1 is 1.07 bits per heavy atom. The summed E-state index contributed by atoms with van der Waals surface area (Å²) >= 11 is 5.75. The molecule has 0 atom stereocenters. The summed E-state index contributed by atoms with van der Waals surface area (Å²) in [5.74, 6) is 1.20. The predicted octanol–water partition coefficient (Wildman–Crippen LogP) is 3.11. The minimum atomic E-state index is 0.506. The molecule has 0 fully saturated rings. The van der Waals surface area contributed by atoms with Crippen LogP contribution >= 0.6 is 11.6 Å². The van der Waals surface area contributed by atoms with Crippen LogP contribution < -0.4 is 10.5 Å². The fourth-order valence-electron chi connectivity index (χ4n) is 1.08. The monoisotopic (exact) mass is 220 g/mol. The molecular formula is C11H9ClN2O. The third-order valence-corrected chi connectivity index (χ3v) is 2.05. The molecule has 2 aromatic rings. The van der Waals surface area contributed by atoms with Crippen molar-refractivity contribution in [3.05, 3.63) is 47.6 Å².